The topological polar surface area (TPSA) is 100 Å². The minimum atomic E-state index is 0. The zero-order chi connectivity index (χ0) is 18.9. The number of guanidine groups is 1. The normalized spacial score (nSPS) is 10.9. The maximum absolute atomic E-state index is 5.17. The van der Waals surface area contributed by atoms with Crippen molar-refractivity contribution in [2.45, 2.75) is 20.0 Å². The molecule has 3 N–H and O–H groups in total. The molecule has 148 valence electrons. The van der Waals surface area contributed by atoms with Gasteiger partial charge >= 0.3 is 0 Å². The Bertz CT molecular complexity index is 866. The Hall–Kier alpha value is -2.69. The van der Waals surface area contributed by atoms with Crippen LogP contribution in [0, 0.1) is 0 Å². The Morgan fingerprint density at radius 1 is 1.14 bits per heavy atom. The summed E-state index contributed by atoms with van der Waals surface area (Å²) < 4.78 is 5.17. The third kappa shape index (κ3) is 6.19. The molecule has 0 fully saturated rings. The van der Waals surface area contributed by atoms with Crippen molar-refractivity contribution in [3.63, 3.8) is 0 Å². The highest BCUT2D eigenvalue weighted by molar-refractivity contribution is 14.0. The van der Waals surface area contributed by atoms with Crippen LogP contribution in [-0.2, 0) is 13.1 Å². The zero-order valence-corrected chi connectivity index (χ0v) is 18.2. The van der Waals surface area contributed by atoms with E-state index in [1.54, 1.807) is 13.3 Å². The second-order valence-corrected chi connectivity index (χ2v) is 5.70. The van der Waals surface area contributed by atoms with Gasteiger partial charge in [0.05, 0.1) is 25.9 Å². The lowest BCUT2D eigenvalue weighted by Crippen LogP contribution is -2.37. The maximum atomic E-state index is 5.17. The number of methoxy groups -OCH3 is 1. The van der Waals surface area contributed by atoms with Crippen molar-refractivity contribution in [2.24, 2.45) is 4.99 Å². The molecule has 2 heterocycles. The van der Waals surface area contributed by atoms with Gasteiger partial charge in [0, 0.05) is 18.3 Å². The average Bonchev–Trinajstić information content (AvgIpc) is 3.20. The monoisotopic (exact) mass is 493 g/mol. The van der Waals surface area contributed by atoms with E-state index in [9.17, 15) is 0 Å². The highest BCUT2D eigenvalue weighted by atomic mass is 127. The number of hydrogen-bond donors (Lipinski definition) is 3. The second kappa shape index (κ2) is 11.2. The Morgan fingerprint density at radius 3 is 2.64 bits per heavy atom. The number of nitrogens with one attached hydrogen (secondary N) is 3. The summed E-state index contributed by atoms with van der Waals surface area (Å²) in [6.45, 7) is 3.77. The van der Waals surface area contributed by atoms with E-state index in [2.05, 4.69) is 35.8 Å². The van der Waals surface area contributed by atoms with Gasteiger partial charge in [-0.2, -0.15) is 5.10 Å². The van der Waals surface area contributed by atoms with E-state index in [1.807, 2.05) is 49.4 Å². The Balaban J connectivity index is 0.00000280. The van der Waals surface area contributed by atoms with E-state index in [0.29, 0.717) is 24.9 Å². The molecule has 0 radical (unpaired) electrons. The van der Waals surface area contributed by atoms with Gasteiger partial charge in [-0.05, 0) is 43.3 Å². The molecule has 3 aromatic rings. The van der Waals surface area contributed by atoms with E-state index in [4.69, 9.17) is 4.74 Å². The molecule has 0 aliphatic carbocycles. The lowest BCUT2D eigenvalue weighted by Gasteiger charge is -2.09. The first kappa shape index (κ1) is 21.6. The van der Waals surface area contributed by atoms with Gasteiger partial charge in [0.2, 0.25) is 0 Å². The molecule has 0 amide bonds. The van der Waals surface area contributed by atoms with Crippen LogP contribution < -0.4 is 15.4 Å². The molecule has 2 aromatic heterocycles. The van der Waals surface area contributed by atoms with Crippen molar-refractivity contribution >= 4 is 29.9 Å². The summed E-state index contributed by atoms with van der Waals surface area (Å²) >= 11 is 0. The highest BCUT2D eigenvalue weighted by Crippen LogP contribution is 2.18. The van der Waals surface area contributed by atoms with Crippen LogP contribution in [0.15, 0.2) is 53.7 Å². The smallest absolute Gasteiger partial charge is 0.192 e. The first-order chi connectivity index (χ1) is 13.3. The first-order valence-electron chi connectivity index (χ1n) is 8.76. The molecule has 9 heteroatoms. The quantitative estimate of drug-likeness (QED) is 0.266. The molecule has 0 atom stereocenters. The van der Waals surface area contributed by atoms with E-state index in [-0.39, 0.29) is 24.0 Å². The molecule has 3 rings (SSSR count). The summed E-state index contributed by atoms with van der Waals surface area (Å²) in [5, 5.41) is 13.7. The van der Waals surface area contributed by atoms with Crippen LogP contribution in [0.25, 0.3) is 11.4 Å². The number of benzene rings is 1. The fourth-order valence-electron chi connectivity index (χ4n) is 2.40. The standard InChI is InChI=1S/C19H23N7O.HI/c1-3-20-19(22-12-15-6-4-5-11-21-15)23-13-17-24-18(26-25-17)14-7-9-16(27-2)10-8-14;/h4-11H,3,12-13H2,1-2H3,(H2,20,22,23)(H,24,25,26);1H. The minimum Gasteiger partial charge on any atom is -0.497 e. The van der Waals surface area contributed by atoms with Gasteiger partial charge in [0.1, 0.15) is 11.6 Å². The summed E-state index contributed by atoms with van der Waals surface area (Å²) in [6, 6.07) is 13.4. The number of aromatic nitrogens is 4. The van der Waals surface area contributed by atoms with Crippen molar-refractivity contribution in [1.29, 1.82) is 0 Å². The molecular formula is C19H24IN7O. The minimum absolute atomic E-state index is 0. The number of hydrogen-bond acceptors (Lipinski definition) is 5. The van der Waals surface area contributed by atoms with Gasteiger partial charge in [0.15, 0.2) is 11.8 Å². The number of aromatic amines is 1. The first-order valence-corrected chi connectivity index (χ1v) is 8.76. The van der Waals surface area contributed by atoms with Crippen molar-refractivity contribution in [1.82, 2.24) is 30.8 Å². The van der Waals surface area contributed by atoms with Gasteiger partial charge in [-0.1, -0.05) is 6.07 Å². The lowest BCUT2D eigenvalue weighted by molar-refractivity contribution is 0.415. The fraction of sp³-hybridized carbons (Fsp3) is 0.263. The molecular weight excluding hydrogens is 469 g/mol. The largest absolute Gasteiger partial charge is 0.497 e. The van der Waals surface area contributed by atoms with Crippen LogP contribution in [0.5, 0.6) is 5.75 Å². The van der Waals surface area contributed by atoms with Gasteiger partial charge in [-0.15, -0.1) is 24.0 Å². The number of H-pyrrole nitrogens is 1. The van der Waals surface area contributed by atoms with E-state index in [0.717, 1.165) is 29.4 Å². The van der Waals surface area contributed by atoms with Crippen LogP contribution >= 0.6 is 24.0 Å². The number of aliphatic imine (C=N–C) groups is 1. The summed E-state index contributed by atoms with van der Waals surface area (Å²) in [5.41, 5.74) is 1.84. The molecule has 0 aliphatic heterocycles. The highest BCUT2D eigenvalue weighted by Gasteiger charge is 2.07. The number of ether oxygens (including phenoxy) is 1. The molecule has 0 unspecified atom stereocenters. The van der Waals surface area contributed by atoms with Crippen molar-refractivity contribution in [2.75, 3.05) is 13.7 Å². The molecule has 1 aromatic carbocycles. The van der Waals surface area contributed by atoms with Gasteiger partial charge < -0.3 is 15.4 Å². The van der Waals surface area contributed by atoms with Gasteiger partial charge in [-0.3, -0.25) is 10.1 Å². The molecule has 0 aliphatic rings. The molecule has 8 nitrogen and oxygen atoms in total. The average molecular weight is 493 g/mol. The van der Waals surface area contributed by atoms with E-state index in [1.165, 1.54) is 0 Å². The fourth-order valence-corrected chi connectivity index (χ4v) is 2.40. The Kier molecular flexibility index (Phi) is 8.66. The second-order valence-electron chi connectivity index (χ2n) is 5.70. The number of pyridine rings is 1. The number of halogens is 1. The molecule has 0 spiro atoms. The molecule has 28 heavy (non-hydrogen) atoms. The van der Waals surface area contributed by atoms with Gasteiger partial charge in [-0.25, -0.2) is 9.98 Å². The predicted octanol–water partition coefficient (Wildman–Crippen LogP) is 2.75. The maximum Gasteiger partial charge on any atom is 0.192 e. The summed E-state index contributed by atoms with van der Waals surface area (Å²) in [4.78, 5) is 13.3. The Morgan fingerprint density at radius 2 is 1.96 bits per heavy atom. The summed E-state index contributed by atoms with van der Waals surface area (Å²) in [5.74, 6) is 2.87. The molecule has 0 saturated carbocycles. The van der Waals surface area contributed by atoms with Crippen molar-refractivity contribution in [3.05, 3.63) is 60.2 Å². The summed E-state index contributed by atoms with van der Waals surface area (Å²) in [7, 11) is 1.64. The van der Waals surface area contributed by atoms with E-state index >= 15 is 0 Å². The lowest BCUT2D eigenvalue weighted by atomic mass is 10.2. The SMILES string of the molecule is CCNC(=NCc1ccccn1)NCc1nc(-c2ccc(OC)cc2)n[nH]1.I. The molecule has 0 saturated heterocycles. The van der Waals surface area contributed by atoms with Gasteiger partial charge in [0.25, 0.3) is 0 Å². The number of rotatable bonds is 7. The summed E-state index contributed by atoms with van der Waals surface area (Å²) in [6.07, 6.45) is 1.76. The van der Waals surface area contributed by atoms with E-state index < -0.39 is 0 Å². The van der Waals surface area contributed by atoms with Crippen LogP contribution in [0.3, 0.4) is 0 Å². The third-order valence-electron chi connectivity index (χ3n) is 3.77. The zero-order valence-electron chi connectivity index (χ0n) is 15.8. The molecule has 0 bridgehead atoms. The predicted molar refractivity (Wildman–Crippen MR) is 120 cm³/mol. The Labute approximate surface area is 181 Å². The van der Waals surface area contributed by atoms with Crippen LogP contribution in [0.4, 0.5) is 0 Å². The van der Waals surface area contributed by atoms with Crippen molar-refractivity contribution in [3.8, 4) is 17.1 Å². The van der Waals surface area contributed by atoms with Crippen LogP contribution in [-0.4, -0.2) is 39.8 Å². The van der Waals surface area contributed by atoms with Crippen LogP contribution in [0.2, 0.25) is 0 Å². The third-order valence-corrected chi connectivity index (χ3v) is 3.77. The van der Waals surface area contributed by atoms with Crippen molar-refractivity contribution < 1.29 is 4.74 Å². The number of nitrogens with zero attached hydrogens (tertiary/aromatic N) is 4. The van der Waals surface area contributed by atoms with Crippen LogP contribution in [0.1, 0.15) is 18.4 Å².